The highest BCUT2D eigenvalue weighted by Crippen LogP contribution is 2.21. The van der Waals surface area contributed by atoms with Crippen LogP contribution in [0.1, 0.15) is 24.0 Å². The van der Waals surface area contributed by atoms with Crippen LogP contribution in [-0.4, -0.2) is 31.7 Å². The molecule has 0 spiro atoms. The molecule has 148 valence electrons. The molecule has 1 fully saturated rings. The number of hydrogen-bond acceptors (Lipinski definition) is 3. The summed E-state index contributed by atoms with van der Waals surface area (Å²) < 4.78 is 39.3. The van der Waals surface area contributed by atoms with Gasteiger partial charge in [0, 0.05) is 31.0 Å². The van der Waals surface area contributed by atoms with Gasteiger partial charge in [-0.05, 0) is 42.2 Å². The summed E-state index contributed by atoms with van der Waals surface area (Å²) in [6.45, 7) is 0.962. The first kappa shape index (κ1) is 20.2. The van der Waals surface area contributed by atoms with Gasteiger partial charge in [0.2, 0.25) is 15.9 Å². The minimum Gasteiger partial charge on any atom is -0.352 e. The number of carbonyl (C=O) groups is 1. The molecule has 2 aromatic carbocycles. The van der Waals surface area contributed by atoms with E-state index in [1.807, 2.05) is 30.3 Å². The Balaban J connectivity index is 1.49. The zero-order valence-electron chi connectivity index (χ0n) is 15.4. The zero-order chi connectivity index (χ0) is 20.0. The molecule has 28 heavy (non-hydrogen) atoms. The lowest BCUT2D eigenvalue weighted by molar-refractivity contribution is -0.126. The molecule has 1 aliphatic heterocycles. The van der Waals surface area contributed by atoms with Crippen molar-refractivity contribution in [2.75, 3.05) is 13.1 Å². The van der Waals surface area contributed by atoms with Crippen LogP contribution in [-0.2, 0) is 21.4 Å². The number of nitrogens with one attached hydrogen (secondary N) is 1. The van der Waals surface area contributed by atoms with Crippen LogP contribution in [0.3, 0.4) is 0 Å². The van der Waals surface area contributed by atoms with Crippen LogP contribution in [0.25, 0.3) is 6.08 Å². The fourth-order valence-corrected chi connectivity index (χ4v) is 4.34. The van der Waals surface area contributed by atoms with Gasteiger partial charge in [-0.1, -0.05) is 42.5 Å². The summed E-state index contributed by atoms with van der Waals surface area (Å²) in [5, 5.41) is 4.06. The van der Waals surface area contributed by atoms with Crippen molar-refractivity contribution >= 4 is 22.0 Å². The standard InChI is InChI=1S/C21H23FN2O3S/c22-20-8-6-18(7-9-20)16-23-21(25)19-10-13-24(14-11-19)28(26,27)15-12-17-4-2-1-3-5-17/h1-9,12,15,19H,10-11,13-14,16H2,(H,23,25). The SMILES string of the molecule is O=C(NCc1ccc(F)cc1)C1CCN(S(=O)(=O)C=Cc2ccccc2)CC1. The van der Waals surface area contributed by atoms with Crippen LogP contribution in [0.4, 0.5) is 4.39 Å². The summed E-state index contributed by atoms with van der Waals surface area (Å²) in [7, 11) is -3.50. The quantitative estimate of drug-likeness (QED) is 0.807. The number of piperidine rings is 1. The van der Waals surface area contributed by atoms with Crippen molar-refractivity contribution in [2.45, 2.75) is 19.4 Å². The molecule has 0 aromatic heterocycles. The molecule has 0 unspecified atom stereocenters. The molecule has 3 rings (SSSR count). The van der Waals surface area contributed by atoms with E-state index in [1.165, 1.54) is 21.8 Å². The molecule has 1 aliphatic rings. The average Bonchev–Trinajstić information content (AvgIpc) is 2.72. The topological polar surface area (TPSA) is 66.5 Å². The number of carbonyl (C=O) groups excluding carboxylic acids is 1. The molecule has 1 heterocycles. The lowest BCUT2D eigenvalue weighted by atomic mass is 9.97. The van der Waals surface area contributed by atoms with Crippen molar-refractivity contribution < 1.29 is 17.6 Å². The highest BCUT2D eigenvalue weighted by molar-refractivity contribution is 7.92. The molecular weight excluding hydrogens is 379 g/mol. The maximum Gasteiger partial charge on any atom is 0.236 e. The number of hydrogen-bond donors (Lipinski definition) is 1. The Morgan fingerprint density at radius 3 is 2.36 bits per heavy atom. The third-order valence-corrected chi connectivity index (χ3v) is 6.36. The molecule has 1 N–H and O–H groups in total. The van der Waals surface area contributed by atoms with Crippen LogP contribution in [0.5, 0.6) is 0 Å². The van der Waals surface area contributed by atoms with Crippen LogP contribution < -0.4 is 5.32 Å². The van der Waals surface area contributed by atoms with E-state index in [9.17, 15) is 17.6 Å². The molecule has 0 bridgehead atoms. The molecule has 1 amide bonds. The largest absolute Gasteiger partial charge is 0.352 e. The number of sulfonamides is 1. The number of amides is 1. The van der Waals surface area contributed by atoms with Gasteiger partial charge >= 0.3 is 0 Å². The normalized spacial score (nSPS) is 16.3. The van der Waals surface area contributed by atoms with Crippen LogP contribution in [0, 0.1) is 11.7 Å². The van der Waals surface area contributed by atoms with E-state index < -0.39 is 10.0 Å². The molecule has 1 saturated heterocycles. The van der Waals surface area contributed by atoms with Crippen molar-refractivity contribution in [2.24, 2.45) is 5.92 Å². The molecule has 2 aromatic rings. The Bertz CT molecular complexity index is 920. The highest BCUT2D eigenvalue weighted by atomic mass is 32.2. The average molecular weight is 402 g/mol. The summed E-state index contributed by atoms with van der Waals surface area (Å²) in [4.78, 5) is 12.3. The van der Waals surface area contributed by atoms with Gasteiger partial charge in [-0.2, -0.15) is 4.31 Å². The number of nitrogens with zero attached hydrogens (tertiary/aromatic N) is 1. The smallest absolute Gasteiger partial charge is 0.236 e. The second kappa shape index (κ2) is 9.12. The van der Waals surface area contributed by atoms with Crippen LogP contribution in [0.15, 0.2) is 60.0 Å². The Hall–Kier alpha value is -2.51. The Morgan fingerprint density at radius 2 is 1.71 bits per heavy atom. The summed E-state index contributed by atoms with van der Waals surface area (Å²) in [6, 6.07) is 15.2. The van der Waals surface area contributed by atoms with E-state index in [1.54, 1.807) is 18.2 Å². The molecule has 0 atom stereocenters. The van der Waals surface area contributed by atoms with Crippen molar-refractivity contribution in [3.8, 4) is 0 Å². The maximum atomic E-state index is 12.9. The third-order valence-electron chi connectivity index (χ3n) is 4.80. The minimum absolute atomic E-state index is 0.0961. The predicted octanol–water partition coefficient (Wildman–Crippen LogP) is 3.15. The summed E-state index contributed by atoms with van der Waals surface area (Å²) in [5.74, 6) is -0.629. The predicted molar refractivity (Wildman–Crippen MR) is 107 cm³/mol. The zero-order valence-corrected chi connectivity index (χ0v) is 16.2. The van der Waals surface area contributed by atoms with E-state index in [4.69, 9.17) is 0 Å². The Morgan fingerprint density at radius 1 is 1.07 bits per heavy atom. The Labute approximate surface area is 164 Å². The first-order chi connectivity index (χ1) is 13.4. The molecule has 5 nitrogen and oxygen atoms in total. The summed E-state index contributed by atoms with van der Waals surface area (Å²) >= 11 is 0. The second-order valence-corrected chi connectivity index (χ2v) is 8.59. The first-order valence-corrected chi connectivity index (χ1v) is 10.7. The maximum absolute atomic E-state index is 12.9. The summed E-state index contributed by atoms with van der Waals surface area (Å²) in [5.41, 5.74) is 1.64. The van der Waals surface area contributed by atoms with E-state index in [-0.39, 0.29) is 17.6 Å². The van der Waals surface area contributed by atoms with Crippen LogP contribution >= 0.6 is 0 Å². The number of benzene rings is 2. The third kappa shape index (κ3) is 5.50. The van der Waals surface area contributed by atoms with Gasteiger partial charge in [0.1, 0.15) is 5.82 Å². The second-order valence-electron chi connectivity index (χ2n) is 6.78. The van der Waals surface area contributed by atoms with Gasteiger partial charge in [0.05, 0.1) is 0 Å². The van der Waals surface area contributed by atoms with Crippen molar-refractivity contribution in [3.05, 3.63) is 76.9 Å². The van der Waals surface area contributed by atoms with Gasteiger partial charge in [-0.25, -0.2) is 12.8 Å². The lowest BCUT2D eigenvalue weighted by Crippen LogP contribution is -2.42. The van der Waals surface area contributed by atoms with E-state index in [2.05, 4.69) is 5.32 Å². The Kier molecular flexibility index (Phi) is 6.59. The van der Waals surface area contributed by atoms with E-state index in [0.29, 0.717) is 32.5 Å². The van der Waals surface area contributed by atoms with Gasteiger partial charge in [-0.15, -0.1) is 0 Å². The van der Waals surface area contributed by atoms with Gasteiger partial charge in [0.25, 0.3) is 0 Å². The van der Waals surface area contributed by atoms with Gasteiger partial charge < -0.3 is 5.32 Å². The molecule has 0 aliphatic carbocycles. The van der Waals surface area contributed by atoms with Gasteiger partial charge in [-0.3, -0.25) is 4.79 Å². The number of rotatable bonds is 6. The number of halogens is 1. The monoisotopic (exact) mass is 402 g/mol. The lowest BCUT2D eigenvalue weighted by Gasteiger charge is -2.29. The molecule has 7 heteroatoms. The van der Waals surface area contributed by atoms with Crippen molar-refractivity contribution in [1.82, 2.24) is 9.62 Å². The fraction of sp³-hybridized carbons (Fsp3) is 0.286. The van der Waals surface area contributed by atoms with Crippen molar-refractivity contribution in [3.63, 3.8) is 0 Å². The first-order valence-electron chi connectivity index (χ1n) is 9.19. The molecule has 0 saturated carbocycles. The fourth-order valence-electron chi connectivity index (χ4n) is 3.12. The highest BCUT2D eigenvalue weighted by Gasteiger charge is 2.29. The van der Waals surface area contributed by atoms with Crippen LogP contribution in [0.2, 0.25) is 0 Å². The minimum atomic E-state index is -3.50. The van der Waals surface area contributed by atoms with Crippen molar-refractivity contribution in [1.29, 1.82) is 0 Å². The van der Waals surface area contributed by atoms with Gasteiger partial charge in [0.15, 0.2) is 0 Å². The van der Waals surface area contributed by atoms with E-state index >= 15 is 0 Å². The summed E-state index contributed by atoms with van der Waals surface area (Å²) in [6.07, 6.45) is 2.54. The molecule has 0 radical (unpaired) electrons. The van der Waals surface area contributed by atoms with E-state index in [0.717, 1.165) is 11.1 Å². The molecular formula is C21H23FN2O3S.